The third kappa shape index (κ3) is 2.06. The lowest BCUT2D eigenvalue weighted by Crippen LogP contribution is -2.07. The number of nitrogen functional groups attached to an aromatic ring is 1. The average Bonchev–Trinajstić information content (AvgIpc) is 2.04. The Hall–Kier alpha value is -0.920. The number of hydrogen-bond donors (Lipinski definition) is 2. The highest BCUT2D eigenvalue weighted by Gasteiger charge is 2.20. The van der Waals surface area contributed by atoms with Crippen LogP contribution in [-0.2, 0) is 19.0 Å². The molecule has 0 aromatic heterocycles. The third-order valence-corrected chi connectivity index (χ3v) is 4.28. The van der Waals surface area contributed by atoms with Gasteiger partial charge in [0.15, 0.2) is 0 Å². The summed E-state index contributed by atoms with van der Waals surface area (Å²) in [6, 6.07) is 5.05. The van der Waals surface area contributed by atoms with Crippen LogP contribution in [0.15, 0.2) is 29.2 Å². The van der Waals surface area contributed by atoms with E-state index in [9.17, 15) is 12.6 Å². The van der Waals surface area contributed by atoms with Crippen molar-refractivity contribution >= 4 is 24.7 Å². The molecule has 0 radical (unpaired) electrons. The molecule has 3 N–H and O–H groups in total. The smallest absolute Gasteiger partial charge is 0.282 e. The summed E-state index contributed by atoms with van der Waals surface area (Å²) in [5.74, 6) is 0. The predicted octanol–water partition coefficient (Wildman–Crippen LogP) is 0.179. The minimum absolute atomic E-state index is 0.220. The molecule has 0 aliphatic carbocycles. The van der Waals surface area contributed by atoms with Gasteiger partial charge in [0.25, 0.3) is 19.0 Å². The molecular formula is C6H7NO4S2. The quantitative estimate of drug-likeness (QED) is 0.422. The Morgan fingerprint density at radius 3 is 2.08 bits per heavy atom. The van der Waals surface area contributed by atoms with Gasteiger partial charge < -0.3 is 5.73 Å². The van der Waals surface area contributed by atoms with Crippen molar-refractivity contribution in [3.8, 4) is 0 Å². The van der Waals surface area contributed by atoms with Gasteiger partial charge in [-0.15, -0.1) is 0 Å². The van der Waals surface area contributed by atoms with Crippen molar-refractivity contribution in [1.29, 1.82) is 0 Å². The highest BCUT2D eigenvalue weighted by atomic mass is 33.2. The van der Waals surface area contributed by atoms with Crippen LogP contribution in [0, 0.1) is 0 Å². The van der Waals surface area contributed by atoms with Gasteiger partial charge in [-0.25, -0.2) is 12.6 Å². The Morgan fingerprint density at radius 1 is 1.23 bits per heavy atom. The van der Waals surface area contributed by atoms with Crippen LogP contribution < -0.4 is 5.73 Å². The molecule has 1 unspecified atom stereocenters. The van der Waals surface area contributed by atoms with Crippen LogP contribution in [0.1, 0.15) is 0 Å². The molecule has 0 aliphatic rings. The van der Waals surface area contributed by atoms with Crippen LogP contribution >= 0.6 is 0 Å². The Balaban J connectivity index is 3.25. The van der Waals surface area contributed by atoms with Crippen molar-refractivity contribution in [2.75, 3.05) is 5.73 Å². The largest absolute Gasteiger partial charge is 0.399 e. The average molecular weight is 221 g/mol. The zero-order valence-corrected chi connectivity index (χ0v) is 8.01. The maximum atomic E-state index is 11.1. The minimum Gasteiger partial charge on any atom is -0.399 e. The van der Waals surface area contributed by atoms with E-state index in [-0.39, 0.29) is 4.90 Å². The molecule has 1 atom stereocenters. The lowest BCUT2D eigenvalue weighted by Gasteiger charge is -1.98. The second-order valence-corrected chi connectivity index (χ2v) is 6.23. The van der Waals surface area contributed by atoms with Crippen molar-refractivity contribution in [1.82, 2.24) is 0 Å². The van der Waals surface area contributed by atoms with Gasteiger partial charge in [0.1, 0.15) is 0 Å². The van der Waals surface area contributed by atoms with Crippen molar-refractivity contribution < 1.29 is 17.2 Å². The van der Waals surface area contributed by atoms with Crippen LogP contribution in [0.4, 0.5) is 5.69 Å². The van der Waals surface area contributed by atoms with E-state index in [2.05, 4.69) is 0 Å². The van der Waals surface area contributed by atoms with Crippen LogP contribution in [0.25, 0.3) is 0 Å². The van der Waals surface area contributed by atoms with Crippen molar-refractivity contribution in [3.05, 3.63) is 24.3 Å². The van der Waals surface area contributed by atoms with Crippen LogP contribution in [0.3, 0.4) is 0 Å². The summed E-state index contributed by atoms with van der Waals surface area (Å²) < 4.78 is 41.0. The Morgan fingerprint density at radius 2 is 1.69 bits per heavy atom. The van der Waals surface area contributed by atoms with E-state index in [0.29, 0.717) is 5.69 Å². The number of hydrogen-bond acceptors (Lipinski definition) is 4. The molecule has 0 saturated carbocycles. The van der Waals surface area contributed by atoms with Crippen LogP contribution in [0.5, 0.6) is 0 Å². The lowest BCUT2D eigenvalue weighted by atomic mass is 10.3. The Bertz CT molecular complexity index is 422. The zero-order valence-electron chi connectivity index (χ0n) is 6.38. The Kier molecular flexibility index (Phi) is 2.69. The van der Waals surface area contributed by atoms with E-state index in [1.807, 2.05) is 0 Å². The maximum Gasteiger partial charge on any atom is 0.282 e. The molecule has 5 nitrogen and oxygen atoms in total. The fourth-order valence-electron chi connectivity index (χ4n) is 0.717. The summed E-state index contributed by atoms with van der Waals surface area (Å²) in [5.41, 5.74) is 5.70. The van der Waals surface area contributed by atoms with Crippen LogP contribution in [0.2, 0.25) is 0 Å². The topological polar surface area (TPSA) is 97.5 Å². The first-order chi connectivity index (χ1) is 5.94. The number of anilines is 1. The molecule has 0 spiro atoms. The van der Waals surface area contributed by atoms with E-state index in [4.69, 9.17) is 10.3 Å². The molecule has 0 amide bonds. The van der Waals surface area contributed by atoms with E-state index >= 15 is 0 Å². The molecule has 0 aliphatic heterocycles. The molecule has 72 valence electrons. The number of rotatable bonds is 2. The third-order valence-electron chi connectivity index (χ3n) is 1.36. The standard InChI is InChI=1S/C6H7NO4S2/c7-5-1-3-6(4-2-5)13(10,11)12(8)9/h1-4H,7H2,(H,8,9). The highest BCUT2D eigenvalue weighted by molar-refractivity contribution is 8.62. The van der Waals surface area contributed by atoms with Crippen LogP contribution in [-0.4, -0.2) is 17.2 Å². The summed E-state index contributed by atoms with van der Waals surface area (Å²) in [6.45, 7) is 0. The van der Waals surface area contributed by atoms with Gasteiger partial charge >= 0.3 is 0 Å². The lowest BCUT2D eigenvalue weighted by molar-refractivity contribution is 0.562. The second-order valence-electron chi connectivity index (χ2n) is 2.24. The summed E-state index contributed by atoms with van der Waals surface area (Å²) in [7, 11) is -7.02. The fourth-order valence-corrected chi connectivity index (χ4v) is 2.18. The maximum absolute atomic E-state index is 11.1. The second kappa shape index (κ2) is 3.44. The summed E-state index contributed by atoms with van der Waals surface area (Å²) in [5, 5.41) is 0. The predicted molar refractivity (Wildman–Crippen MR) is 48.8 cm³/mol. The monoisotopic (exact) mass is 221 g/mol. The molecular weight excluding hydrogens is 214 g/mol. The Labute approximate surface area is 77.2 Å². The molecule has 7 heteroatoms. The van der Waals surface area contributed by atoms with Gasteiger partial charge in [0, 0.05) is 5.69 Å². The van der Waals surface area contributed by atoms with E-state index in [0.717, 1.165) is 0 Å². The van der Waals surface area contributed by atoms with E-state index < -0.39 is 19.0 Å². The first-order valence-electron chi connectivity index (χ1n) is 3.16. The SMILES string of the molecule is Nc1ccc(S(=O)(=O)S(=O)O)cc1. The normalized spacial score (nSPS) is 13.9. The molecule has 13 heavy (non-hydrogen) atoms. The summed E-state index contributed by atoms with van der Waals surface area (Å²) in [6.07, 6.45) is 0. The molecule has 0 fully saturated rings. The van der Waals surface area contributed by atoms with Gasteiger partial charge in [-0.05, 0) is 24.3 Å². The number of benzene rings is 1. The van der Waals surface area contributed by atoms with E-state index in [1.165, 1.54) is 24.3 Å². The minimum atomic E-state index is -4.12. The van der Waals surface area contributed by atoms with Gasteiger partial charge in [0.2, 0.25) is 0 Å². The molecule has 1 aromatic rings. The first-order valence-corrected chi connectivity index (χ1v) is 6.27. The summed E-state index contributed by atoms with van der Waals surface area (Å²) >= 11 is 0. The van der Waals surface area contributed by atoms with Gasteiger partial charge in [-0.3, -0.25) is 4.55 Å². The molecule has 1 rings (SSSR count). The van der Waals surface area contributed by atoms with Gasteiger partial charge in [-0.1, -0.05) is 0 Å². The molecule has 0 bridgehead atoms. The molecule has 1 aromatic carbocycles. The highest BCUT2D eigenvalue weighted by Crippen LogP contribution is 2.14. The fraction of sp³-hybridized carbons (Fsp3) is 0. The summed E-state index contributed by atoms with van der Waals surface area (Å²) in [4.78, 5) is -0.220. The van der Waals surface area contributed by atoms with Crippen molar-refractivity contribution in [2.24, 2.45) is 0 Å². The molecule has 0 saturated heterocycles. The zero-order chi connectivity index (χ0) is 10.1. The van der Waals surface area contributed by atoms with Crippen molar-refractivity contribution in [3.63, 3.8) is 0 Å². The van der Waals surface area contributed by atoms with E-state index in [1.54, 1.807) is 0 Å². The molecule has 0 heterocycles. The van der Waals surface area contributed by atoms with Crippen molar-refractivity contribution in [2.45, 2.75) is 4.90 Å². The number of nitrogens with two attached hydrogens (primary N) is 1. The van der Waals surface area contributed by atoms with Gasteiger partial charge in [-0.2, -0.15) is 0 Å². The first kappa shape index (κ1) is 10.2. The van der Waals surface area contributed by atoms with Gasteiger partial charge in [0.05, 0.1) is 4.90 Å².